The minimum Gasteiger partial charge on any atom is -0.341 e. The fourth-order valence-electron chi connectivity index (χ4n) is 4.04. The molecule has 1 aromatic heterocycles. The van der Waals surface area contributed by atoms with Gasteiger partial charge in [-0.15, -0.1) is 0 Å². The fourth-order valence-corrected chi connectivity index (χ4v) is 4.94. The predicted octanol–water partition coefficient (Wildman–Crippen LogP) is 2.24. The van der Waals surface area contributed by atoms with E-state index in [4.69, 9.17) is 0 Å². The van der Waals surface area contributed by atoms with Crippen molar-refractivity contribution >= 4 is 29.5 Å². The maximum Gasteiger partial charge on any atom is 0.241 e. The van der Waals surface area contributed by atoms with Crippen LogP contribution in [0, 0.1) is 0 Å². The van der Waals surface area contributed by atoms with E-state index in [9.17, 15) is 14.4 Å². The van der Waals surface area contributed by atoms with Crippen molar-refractivity contribution in [2.75, 3.05) is 24.6 Å². The van der Waals surface area contributed by atoms with Gasteiger partial charge in [-0.1, -0.05) is 36.4 Å². The number of aromatic nitrogens is 1. The van der Waals surface area contributed by atoms with Crippen LogP contribution in [0.25, 0.3) is 0 Å². The minimum absolute atomic E-state index is 0.0183. The van der Waals surface area contributed by atoms with E-state index in [1.807, 2.05) is 53.1 Å². The maximum atomic E-state index is 13.6. The van der Waals surface area contributed by atoms with E-state index in [1.54, 1.807) is 18.5 Å². The summed E-state index contributed by atoms with van der Waals surface area (Å²) in [5, 5.41) is 0. The number of likely N-dealkylation sites (tertiary alicyclic amines) is 1. The molecule has 6 nitrogen and oxygen atoms in total. The zero-order valence-corrected chi connectivity index (χ0v) is 16.9. The molecule has 2 aliphatic heterocycles. The Kier molecular flexibility index (Phi) is 5.67. The molecule has 1 unspecified atom stereocenters. The third kappa shape index (κ3) is 3.92. The third-order valence-corrected chi connectivity index (χ3v) is 6.56. The van der Waals surface area contributed by atoms with Gasteiger partial charge < -0.3 is 4.90 Å². The quantitative estimate of drug-likeness (QED) is 0.709. The van der Waals surface area contributed by atoms with Gasteiger partial charge in [0.15, 0.2) is 0 Å². The number of pyridine rings is 1. The van der Waals surface area contributed by atoms with E-state index in [0.29, 0.717) is 13.1 Å². The first-order valence-electron chi connectivity index (χ1n) is 9.75. The molecular formula is C22H23N3O3S. The zero-order valence-electron chi connectivity index (χ0n) is 16.1. The molecule has 0 aliphatic carbocycles. The number of amides is 3. The van der Waals surface area contributed by atoms with Crippen LogP contribution in [0.1, 0.15) is 24.0 Å². The number of hydrogen-bond donors (Lipinski definition) is 0. The summed E-state index contributed by atoms with van der Waals surface area (Å²) in [5.74, 6) is 1.22. The highest BCUT2D eigenvalue weighted by molar-refractivity contribution is 7.99. The molecule has 0 N–H and O–H groups in total. The highest BCUT2D eigenvalue weighted by Gasteiger charge is 2.54. The SMILES string of the molecule is O=C(CC1(c2ccccc2)CC(=O)N(Cc2cccnc2)C1=O)N1CCSCC1. The lowest BCUT2D eigenvalue weighted by Crippen LogP contribution is -2.45. The molecule has 3 heterocycles. The molecule has 0 spiro atoms. The van der Waals surface area contributed by atoms with Crippen molar-refractivity contribution in [3.63, 3.8) is 0 Å². The number of carbonyl (C=O) groups is 3. The molecule has 29 heavy (non-hydrogen) atoms. The third-order valence-electron chi connectivity index (χ3n) is 5.62. The molecule has 2 fully saturated rings. The molecule has 3 amide bonds. The summed E-state index contributed by atoms with van der Waals surface area (Å²) in [5.41, 5.74) is 0.381. The van der Waals surface area contributed by atoms with Gasteiger partial charge in [-0.25, -0.2) is 0 Å². The smallest absolute Gasteiger partial charge is 0.241 e. The molecule has 0 saturated carbocycles. The number of imide groups is 1. The topological polar surface area (TPSA) is 70.6 Å². The predicted molar refractivity (Wildman–Crippen MR) is 111 cm³/mol. The Morgan fingerprint density at radius 1 is 1.07 bits per heavy atom. The molecule has 150 valence electrons. The van der Waals surface area contributed by atoms with E-state index < -0.39 is 5.41 Å². The molecule has 0 radical (unpaired) electrons. The summed E-state index contributed by atoms with van der Waals surface area (Å²) < 4.78 is 0. The van der Waals surface area contributed by atoms with Gasteiger partial charge in [0.25, 0.3) is 0 Å². The number of carbonyl (C=O) groups excluding carboxylic acids is 3. The van der Waals surface area contributed by atoms with Crippen LogP contribution in [0.4, 0.5) is 0 Å². The molecule has 2 saturated heterocycles. The van der Waals surface area contributed by atoms with Crippen molar-refractivity contribution < 1.29 is 14.4 Å². The normalized spacial score (nSPS) is 22.2. The van der Waals surface area contributed by atoms with Crippen molar-refractivity contribution in [2.24, 2.45) is 0 Å². The lowest BCUT2D eigenvalue weighted by molar-refractivity contribution is -0.143. The number of nitrogens with zero attached hydrogens (tertiary/aromatic N) is 3. The molecular weight excluding hydrogens is 386 g/mol. The standard InChI is InChI=1S/C22H23N3O3S/c26-19(24-9-11-29-12-10-24)13-22(18-6-2-1-3-7-18)14-20(27)25(21(22)28)16-17-5-4-8-23-15-17/h1-8,15H,9-14,16H2. The van der Waals surface area contributed by atoms with E-state index in [1.165, 1.54) is 4.90 Å². The van der Waals surface area contributed by atoms with Crippen molar-refractivity contribution in [2.45, 2.75) is 24.8 Å². The number of thioether (sulfide) groups is 1. The van der Waals surface area contributed by atoms with Crippen LogP contribution in [-0.4, -0.2) is 57.1 Å². The second kappa shape index (κ2) is 8.37. The molecule has 2 aromatic rings. The summed E-state index contributed by atoms with van der Waals surface area (Å²) in [4.78, 5) is 46.7. The van der Waals surface area contributed by atoms with E-state index in [0.717, 1.165) is 22.6 Å². The summed E-state index contributed by atoms with van der Waals surface area (Å²) in [6.45, 7) is 1.56. The van der Waals surface area contributed by atoms with Gasteiger partial charge in [-0.05, 0) is 17.2 Å². The van der Waals surface area contributed by atoms with Gasteiger partial charge in [0, 0.05) is 49.8 Å². The lowest BCUT2D eigenvalue weighted by atomic mass is 9.75. The van der Waals surface area contributed by atoms with Gasteiger partial charge in [0.2, 0.25) is 17.7 Å². The first-order valence-corrected chi connectivity index (χ1v) is 10.9. The van der Waals surface area contributed by atoms with Crippen LogP contribution in [0.3, 0.4) is 0 Å². The van der Waals surface area contributed by atoms with Crippen LogP contribution < -0.4 is 0 Å². The van der Waals surface area contributed by atoms with E-state index in [2.05, 4.69) is 4.98 Å². The van der Waals surface area contributed by atoms with E-state index >= 15 is 0 Å². The minimum atomic E-state index is -1.14. The van der Waals surface area contributed by atoms with Gasteiger partial charge in [0.05, 0.1) is 12.0 Å². The van der Waals surface area contributed by atoms with Gasteiger partial charge in [-0.2, -0.15) is 11.8 Å². The summed E-state index contributed by atoms with van der Waals surface area (Å²) in [6.07, 6.45) is 3.35. The molecule has 4 rings (SSSR count). The Morgan fingerprint density at radius 2 is 1.83 bits per heavy atom. The summed E-state index contributed by atoms with van der Waals surface area (Å²) >= 11 is 1.83. The Hall–Kier alpha value is -2.67. The van der Waals surface area contributed by atoms with Crippen LogP contribution in [0.5, 0.6) is 0 Å². The van der Waals surface area contributed by atoms with Gasteiger partial charge in [0.1, 0.15) is 0 Å². The Balaban J connectivity index is 1.65. The second-order valence-electron chi connectivity index (χ2n) is 7.44. The second-order valence-corrected chi connectivity index (χ2v) is 8.67. The number of hydrogen-bond acceptors (Lipinski definition) is 5. The summed E-state index contributed by atoms with van der Waals surface area (Å²) in [6, 6.07) is 12.9. The zero-order chi connectivity index (χ0) is 20.3. The van der Waals surface area contributed by atoms with Crippen molar-refractivity contribution in [1.82, 2.24) is 14.8 Å². The molecule has 0 bridgehead atoms. The first-order chi connectivity index (χ1) is 14.1. The molecule has 1 aromatic carbocycles. The molecule has 2 aliphatic rings. The molecule has 1 atom stereocenters. The van der Waals surface area contributed by atoms with Crippen LogP contribution >= 0.6 is 11.8 Å². The summed E-state index contributed by atoms with van der Waals surface area (Å²) in [7, 11) is 0. The van der Waals surface area contributed by atoms with Crippen molar-refractivity contribution in [1.29, 1.82) is 0 Å². The highest BCUT2D eigenvalue weighted by Crippen LogP contribution is 2.41. The average molecular weight is 410 g/mol. The van der Waals surface area contributed by atoms with Gasteiger partial charge >= 0.3 is 0 Å². The first kappa shape index (κ1) is 19.6. The van der Waals surface area contributed by atoms with Crippen LogP contribution in [0.15, 0.2) is 54.9 Å². The Morgan fingerprint density at radius 3 is 2.52 bits per heavy atom. The Labute approximate surface area is 174 Å². The van der Waals surface area contributed by atoms with Crippen molar-refractivity contribution in [3.05, 3.63) is 66.0 Å². The van der Waals surface area contributed by atoms with Crippen LogP contribution in [0.2, 0.25) is 0 Å². The van der Waals surface area contributed by atoms with Crippen molar-refractivity contribution in [3.8, 4) is 0 Å². The van der Waals surface area contributed by atoms with E-state index in [-0.39, 0.29) is 37.1 Å². The van der Waals surface area contributed by atoms with Gasteiger partial charge in [-0.3, -0.25) is 24.3 Å². The maximum absolute atomic E-state index is 13.6. The number of rotatable bonds is 5. The number of benzene rings is 1. The fraction of sp³-hybridized carbons (Fsp3) is 0.364. The monoisotopic (exact) mass is 409 g/mol. The lowest BCUT2D eigenvalue weighted by Gasteiger charge is -2.32. The largest absolute Gasteiger partial charge is 0.341 e. The van der Waals surface area contributed by atoms with Crippen LogP contribution in [-0.2, 0) is 26.3 Å². The molecule has 7 heteroatoms. The Bertz CT molecular complexity index is 900. The average Bonchev–Trinajstić information content (AvgIpc) is 3.00. The highest BCUT2D eigenvalue weighted by atomic mass is 32.2.